The highest BCUT2D eigenvalue weighted by Crippen LogP contribution is 2.56. The van der Waals surface area contributed by atoms with E-state index in [9.17, 15) is 15.0 Å². The molecule has 11 atom stereocenters. The fourth-order valence-electron chi connectivity index (χ4n) is 10.5. The number of rotatable bonds is 1. The summed E-state index contributed by atoms with van der Waals surface area (Å²) in [5.41, 5.74) is 5.21. The number of carbonyl (C=O) groups excluding carboxylic acids is 1. The van der Waals surface area contributed by atoms with Gasteiger partial charge in [-0.25, -0.2) is 4.79 Å². The Morgan fingerprint density at radius 2 is 1.72 bits per heavy atom. The van der Waals surface area contributed by atoms with E-state index >= 15 is 0 Å². The summed E-state index contributed by atoms with van der Waals surface area (Å²) in [6, 6.07) is 0. The molecule has 8 nitrogen and oxygen atoms in total. The first-order valence-electron chi connectivity index (χ1n) is 19.6. The molecule has 0 aromatic rings. The first-order chi connectivity index (χ1) is 23.6. The molecule has 276 valence electrons. The van der Waals surface area contributed by atoms with Gasteiger partial charge in [-0.05, 0) is 121 Å². The van der Waals surface area contributed by atoms with E-state index in [1.807, 2.05) is 19.9 Å². The number of allylic oxidation sites excluding steroid dienone is 2. The van der Waals surface area contributed by atoms with Crippen LogP contribution in [0.4, 0.5) is 0 Å². The molecule has 3 saturated heterocycles. The van der Waals surface area contributed by atoms with Crippen molar-refractivity contribution < 1.29 is 34.0 Å². The van der Waals surface area contributed by atoms with E-state index in [0.29, 0.717) is 49.5 Å². The minimum Gasteiger partial charge on any atom is -0.450 e. The van der Waals surface area contributed by atoms with Crippen molar-refractivity contribution >= 4 is 11.7 Å². The van der Waals surface area contributed by atoms with Crippen LogP contribution in [0.3, 0.4) is 0 Å². The van der Waals surface area contributed by atoms with Gasteiger partial charge in [0.2, 0.25) is 5.79 Å². The summed E-state index contributed by atoms with van der Waals surface area (Å²) in [7, 11) is 0. The molecule has 3 spiro atoms. The van der Waals surface area contributed by atoms with Crippen LogP contribution < -0.4 is 0 Å². The molecule has 6 heterocycles. The highest BCUT2D eigenvalue weighted by atomic mass is 16.8. The number of cyclic esters (lactones) is 1. The molecule has 2 N–H and O–H groups in total. The Bertz CT molecular complexity index is 1510. The van der Waals surface area contributed by atoms with Gasteiger partial charge in [0.05, 0.1) is 18.3 Å². The molecular formula is C42H61NO7. The second kappa shape index (κ2) is 13.4. The molecule has 7 aliphatic rings. The van der Waals surface area contributed by atoms with Crippen LogP contribution in [0.1, 0.15) is 131 Å². The van der Waals surface area contributed by atoms with Crippen LogP contribution in [0.25, 0.3) is 0 Å². The lowest BCUT2D eigenvalue weighted by atomic mass is 9.56. The van der Waals surface area contributed by atoms with Gasteiger partial charge < -0.3 is 29.2 Å². The topological polar surface area (TPSA) is 107 Å². The van der Waals surface area contributed by atoms with Crippen LogP contribution in [0.2, 0.25) is 0 Å². The van der Waals surface area contributed by atoms with Gasteiger partial charge in [0.15, 0.2) is 5.79 Å². The molecule has 6 aliphatic heterocycles. The van der Waals surface area contributed by atoms with Gasteiger partial charge in [0.1, 0.15) is 11.7 Å². The van der Waals surface area contributed by atoms with Crippen molar-refractivity contribution in [3.05, 3.63) is 46.6 Å². The number of esters is 1. The molecule has 0 unspecified atom stereocenters. The molecule has 0 amide bonds. The zero-order valence-electron chi connectivity index (χ0n) is 31.4. The Morgan fingerprint density at radius 1 is 0.940 bits per heavy atom. The van der Waals surface area contributed by atoms with Crippen LogP contribution >= 0.6 is 0 Å². The van der Waals surface area contributed by atoms with Gasteiger partial charge in [0.25, 0.3) is 0 Å². The number of hydrogen-bond donors (Lipinski definition) is 2. The molecule has 8 heteroatoms. The third kappa shape index (κ3) is 6.44. The standard InChI is InChI=1S/C42H61NO7/c1-25-9-8-10-37-40(23-28(4)29(5)24-43-37)15-13-33(36-21-27(3)38(45)47-36)30(6)34(40)20-26(2)35(44)22-32-12-16-41(48-32)17-18-42(50-41)39(7,46)14-11-31(19-25)49-42/h20-21,28-29,31-32,34-36,44,46H,1,8-19,22-24H2,2-7H3/b26-20-/t28-,29-,31-,32-,34-,35-,36+,39+,40+,41+,42+/m0/s1. The fourth-order valence-corrected chi connectivity index (χ4v) is 10.5. The second-order valence-electron chi connectivity index (χ2n) is 17.5. The third-order valence-electron chi connectivity index (χ3n) is 14.0. The first kappa shape index (κ1) is 36.3. The number of fused-ring (bicyclic) bond motifs is 2. The molecule has 50 heavy (non-hydrogen) atoms. The number of hydrogen-bond acceptors (Lipinski definition) is 8. The molecule has 7 rings (SSSR count). The highest BCUT2D eigenvalue weighted by molar-refractivity contribution is 5.92. The van der Waals surface area contributed by atoms with Crippen LogP contribution in [0.15, 0.2) is 51.6 Å². The molecule has 0 aromatic heterocycles. The fraction of sp³-hybridized carbons (Fsp3) is 0.762. The molecule has 1 aliphatic carbocycles. The number of carbonyl (C=O) groups is 1. The quantitative estimate of drug-likeness (QED) is 0.213. The first-order valence-corrected chi connectivity index (χ1v) is 19.6. The Morgan fingerprint density at radius 3 is 2.48 bits per heavy atom. The lowest BCUT2D eigenvalue weighted by molar-refractivity contribution is -0.387. The van der Waals surface area contributed by atoms with Crippen LogP contribution in [0.5, 0.6) is 0 Å². The van der Waals surface area contributed by atoms with Gasteiger partial charge in [-0.3, -0.25) is 4.99 Å². The average molecular weight is 692 g/mol. The Hall–Kier alpha value is -2.10. The van der Waals surface area contributed by atoms with Gasteiger partial charge in [-0.1, -0.05) is 37.6 Å². The summed E-state index contributed by atoms with van der Waals surface area (Å²) < 4.78 is 26.1. The molecule has 0 radical (unpaired) electrons. The second-order valence-corrected chi connectivity index (χ2v) is 17.5. The van der Waals surface area contributed by atoms with E-state index in [0.717, 1.165) is 69.9 Å². The SMILES string of the molecule is C=C1CCCC2=NC[C@H](C)[C@@H](C)C[C@@]23CCC([C@H]2C=C(C)C(=O)O2)=C(C)[C@@H]3/C=C(/C)[C@@H](O)C[C@@H]2CC[C@@]3(CC[C@@]4(O[C@@H](CC[C@@]4(C)O)C1)O3)O2. The summed E-state index contributed by atoms with van der Waals surface area (Å²) in [5.74, 6) is -1.16. The van der Waals surface area contributed by atoms with E-state index in [1.165, 1.54) is 22.4 Å². The maximum Gasteiger partial charge on any atom is 0.334 e. The van der Waals surface area contributed by atoms with Crippen molar-refractivity contribution in [3.63, 3.8) is 0 Å². The van der Waals surface area contributed by atoms with Crippen LogP contribution in [-0.4, -0.2) is 70.0 Å². The van der Waals surface area contributed by atoms with Crippen molar-refractivity contribution in [3.8, 4) is 0 Å². The Labute approximate surface area is 299 Å². The van der Waals surface area contributed by atoms with Gasteiger partial charge in [-0.2, -0.15) is 0 Å². The van der Waals surface area contributed by atoms with Crippen LogP contribution in [0, 0.1) is 23.2 Å². The maximum absolute atomic E-state index is 12.5. The van der Waals surface area contributed by atoms with Crippen molar-refractivity contribution in [2.45, 2.75) is 173 Å². The Balaban J connectivity index is 1.27. The van der Waals surface area contributed by atoms with Crippen LogP contribution in [-0.2, 0) is 23.7 Å². The normalized spacial score (nSPS) is 47.0. The molecule has 0 saturated carbocycles. The van der Waals surface area contributed by atoms with E-state index in [4.69, 9.17) is 23.9 Å². The van der Waals surface area contributed by atoms with Crippen molar-refractivity contribution in [1.29, 1.82) is 0 Å². The van der Waals surface area contributed by atoms with Gasteiger partial charge >= 0.3 is 5.97 Å². The van der Waals surface area contributed by atoms with E-state index in [1.54, 1.807) is 0 Å². The Kier molecular flexibility index (Phi) is 9.71. The summed E-state index contributed by atoms with van der Waals surface area (Å²) in [4.78, 5) is 18.0. The maximum atomic E-state index is 12.5. The van der Waals surface area contributed by atoms with Crippen molar-refractivity contribution in [1.82, 2.24) is 0 Å². The van der Waals surface area contributed by atoms with E-state index < -0.39 is 23.3 Å². The zero-order valence-corrected chi connectivity index (χ0v) is 31.4. The van der Waals surface area contributed by atoms with E-state index in [2.05, 4.69) is 40.3 Å². The lowest BCUT2D eigenvalue weighted by Gasteiger charge is -2.49. The summed E-state index contributed by atoms with van der Waals surface area (Å²) >= 11 is 0. The van der Waals surface area contributed by atoms with Crippen molar-refractivity contribution in [2.24, 2.45) is 28.2 Å². The summed E-state index contributed by atoms with van der Waals surface area (Å²) in [6.07, 6.45) is 14.0. The minimum atomic E-state index is -1.11. The predicted octanol–water partition coefficient (Wildman–Crippen LogP) is 7.83. The lowest BCUT2D eigenvalue weighted by Crippen LogP contribution is -2.60. The van der Waals surface area contributed by atoms with E-state index in [-0.39, 0.29) is 35.6 Å². The smallest absolute Gasteiger partial charge is 0.334 e. The number of aliphatic hydroxyl groups is 2. The number of nitrogens with zero attached hydrogens (tertiary/aromatic N) is 1. The molecule has 3 fully saturated rings. The highest BCUT2D eigenvalue weighted by Gasteiger charge is 2.64. The number of ether oxygens (including phenoxy) is 4. The predicted molar refractivity (Wildman–Crippen MR) is 193 cm³/mol. The van der Waals surface area contributed by atoms with Gasteiger partial charge in [0, 0.05) is 54.8 Å². The minimum absolute atomic E-state index is 0.0226. The molecule has 4 bridgehead atoms. The zero-order chi connectivity index (χ0) is 35.6. The van der Waals surface area contributed by atoms with Gasteiger partial charge in [-0.15, -0.1) is 0 Å². The largest absolute Gasteiger partial charge is 0.450 e. The average Bonchev–Trinajstić information content (AvgIpc) is 3.71. The number of aliphatic imine (C=N–C) groups is 1. The summed E-state index contributed by atoms with van der Waals surface area (Å²) in [5, 5.41) is 23.4. The third-order valence-corrected chi connectivity index (χ3v) is 14.0. The summed E-state index contributed by atoms with van der Waals surface area (Å²) in [6.45, 7) is 18.0. The monoisotopic (exact) mass is 691 g/mol. The molecule has 0 aromatic carbocycles. The van der Waals surface area contributed by atoms with Crippen molar-refractivity contribution in [2.75, 3.05) is 6.54 Å². The molecular weight excluding hydrogens is 630 g/mol. The number of aliphatic hydroxyl groups excluding tert-OH is 1.